The van der Waals surface area contributed by atoms with Crippen molar-refractivity contribution < 1.29 is 0 Å². The molecule has 27 heavy (non-hydrogen) atoms. The minimum absolute atomic E-state index is 0.610. The molecule has 3 fully saturated rings. The van der Waals surface area contributed by atoms with Crippen molar-refractivity contribution in [2.24, 2.45) is 4.99 Å². The number of aliphatic imine (C=N–C) groups is 1. The first-order chi connectivity index (χ1) is 13.3. The van der Waals surface area contributed by atoms with Gasteiger partial charge in [0.1, 0.15) is 0 Å². The van der Waals surface area contributed by atoms with Crippen molar-refractivity contribution in [2.75, 3.05) is 46.3 Å². The van der Waals surface area contributed by atoms with Crippen LogP contribution in [-0.2, 0) is 6.54 Å². The summed E-state index contributed by atoms with van der Waals surface area (Å²) in [6.07, 6.45) is 6.63. The van der Waals surface area contributed by atoms with Crippen LogP contribution in [0.2, 0.25) is 0 Å². The second kappa shape index (κ2) is 9.07. The molecule has 0 saturated carbocycles. The topological polar surface area (TPSA) is 34.1 Å². The van der Waals surface area contributed by atoms with Gasteiger partial charge in [-0.05, 0) is 57.3 Å². The predicted molar refractivity (Wildman–Crippen MR) is 112 cm³/mol. The maximum atomic E-state index is 4.60. The molecular weight excluding hydrogens is 334 g/mol. The van der Waals surface area contributed by atoms with Crippen molar-refractivity contribution in [3.8, 4) is 0 Å². The summed E-state index contributed by atoms with van der Waals surface area (Å²) in [6.45, 7) is 8.14. The summed E-state index contributed by atoms with van der Waals surface area (Å²) < 4.78 is 0. The summed E-state index contributed by atoms with van der Waals surface area (Å²) >= 11 is 0. The van der Waals surface area contributed by atoms with Crippen molar-refractivity contribution in [3.05, 3.63) is 35.9 Å². The highest BCUT2D eigenvalue weighted by molar-refractivity contribution is 5.80. The summed E-state index contributed by atoms with van der Waals surface area (Å²) in [5.74, 6) is 1.10. The van der Waals surface area contributed by atoms with E-state index >= 15 is 0 Å². The van der Waals surface area contributed by atoms with Crippen LogP contribution in [0.3, 0.4) is 0 Å². The Kier molecular flexibility index (Phi) is 6.30. The molecule has 3 aliphatic rings. The quantitative estimate of drug-likeness (QED) is 0.638. The maximum absolute atomic E-state index is 4.60. The highest BCUT2D eigenvalue weighted by atomic mass is 15.3. The second-order valence-electron chi connectivity index (χ2n) is 8.31. The minimum Gasteiger partial charge on any atom is -0.355 e. The molecule has 5 heteroatoms. The normalized spacial score (nSPS) is 27.6. The van der Waals surface area contributed by atoms with E-state index in [0.29, 0.717) is 6.04 Å². The molecule has 0 amide bonds. The lowest BCUT2D eigenvalue weighted by atomic mass is 10.2. The van der Waals surface area contributed by atoms with Crippen LogP contribution in [0.4, 0.5) is 0 Å². The lowest BCUT2D eigenvalue weighted by molar-refractivity contribution is 0.240. The van der Waals surface area contributed by atoms with Crippen LogP contribution in [0.1, 0.15) is 37.7 Å². The van der Waals surface area contributed by atoms with Crippen LogP contribution in [0, 0.1) is 0 Å². The van der Waals surface area contributed by atoms with Crippen LogP contribution in [-0.4, -0.2) is 79.1 Å². The van der Waals surface area contributed by atoms with Crippen LogP contribution in [0.15, 0.2) is 35.3 Å². The van der Waals surface area contributed by atoms with Gasteiger partial charge in [-0.25, -0.2) is 0 Å². The Morgan fingerprint density at radius 3 is 2.63 bits per heavy atom. The number of hydrogen-bond acceptors (Lipinski definition) is 3. The zero-order valence-corrected chi connectivity index (χ0v) is 16.8. The largest absolute Gasteiger partial charge is 0.355 e. The van der Waals surface area contributed by atoms with Gasteiger partial charge in [0, 0.05) is 45.3 Å². The van der Waals surface area contributed by atoms with E-state index in [1.54, 1.807) is 0 Å². The molecule has 148 valence electrons. The number of guanidine groups is 1. The molecule has 1 aromatic carbocycles. The number of likely N-dealkylation sites (tertiary alicyclic amines) is 3. The van der Waals surface area contributed by atoms with Gasteiger partial charge in [0.2, 0.25) is 0 Å². The fraction of sp³-hybridized carbons (Fsp3) is 0.682. The minimum atomic E-state index is 0.610. The fourth-order valence-corrected chi connectivity index (χ4v) is 5.03. The van der Waals surface area contributed by atoms with E-state index in [9.17, 15) is 0 Å². The zero-order valence-electron chi connectivity index (χ0n) is 16.8. The first-order valence-electron chi connectivity index (χ1n) is 10.8. The molecule has 0 spiro atoms. The van der Waals surface area contributed by atoms with E-state index in [4.69, 9.17) is 0 Å². The molecule has 1 aromatic rings. The van der Waals surface area contributed by atoms with Crippen molar-refractivity contribution in [2.45, 2.75) is 50.7 Å². The first kappa shape index (κ1) is 18.8. The van der Waals surface area contributed by atoms with Gasteiger partial charge in [0.05, 0.1) is 0 Å². The Labute approximate surface area is 164 Å². The first-order valence-corrected chi connectivity index (χ1v) is 10.8. The summed E-state index contributed by atoms with van der Waals surface area (Å²) in [4.78, 5) is 12.4. The number of benzene rings is 1. The smallest absolute Gasteiger partial charge is 0.193 e. The lowest BCUT2D eigenvalue weighted by Crippen LogP contribution is -2.47. The molecule has 3 aliphatic heterocycles. The summed E-state index contributed by atoms with van der Waals surface area (Å²) in [7, 11) is 1.93. The van der Waals surface area contributed by atoms with Gasteiger partial charge in [-0.15, -0.1) is 0 Å². The fourth-order valence-electron chi connectivity index (χ4n) is 5.03. The van der Waals surface area contributed by atoms with Crippen LogP contribution < -0.4 is 5.32 Å². The van der Waals surface area contributed by atoms with Gasteiger partial charge in [-0.1, -0.05) is 30.3 Å². The van der Waals surface area contributed by atoms with E-state index in [1.165, 1.54) is 57.3 Å². The maximum Gasteiger partial charge on any atom is 0.193 e. The van der Waals surface area contributed by atoms with Gasteiger partial charge >= 0.3 is 0 Å². The molecular formula is C22H35N5. The highest BCUT2D eigenvalue weighted by Gasteiger charge is 2.31. The van der Waals surface area contributed by atoms with E-state index in [2.05, 4.69) is 55.3 Å². The van der Waals surface area contributed by atoms with E-state index in [0.717, 1.165) is 38.2 Å². The summed E-state index contributed by atoms with van der Waals surface area (Å²) in [5, 5.41) is 3.70. The van der Waals surface area contributed by atoms with E-state index in [-0.39, 0.29) is 0 Å². The molecule has 3 heterocycles. The Morgan fingerprint density at radius 1 is 1.04 bits per heavy atom. The van der Waals surface area contributed by atoms with E-state index < -0.39 is 0 Å². The van der Waals surface area contributed by atoms with Crippen LogP contribution >= 0.6 is 0 Å². The van der Waals surface area contributed by atoms with Crippen molar-refractivity contribution >= 4 is 5.96 Å². The lowest BCUT2D eigenvalue weighted by Gasteiger charge is -2.28. The summed E-state index contributed by atoms with van der Waals surface area (Å²) in [5.41, 5.74) is 1.42. The van der Waals surface area contributed by atoms with E-state index in [1.807, 2.05) is 7.05 Å². The molecule has 0 radical (unpaired) electrons. The number of nitrogens with zero attached hydrogens (tertiary/aromatic N) is 4. The third kappa shape index (κ3) is 4.64. The highest BCUT2D eigenvalue weighted by Crippen LogP contribution is 2.22. The molecule has 2 atom stereocenters. The molecule has 0 bridgehead atoms. The van der Waals surface area contributed by atoms with Gasteiger partial charge in [-0.2, -0.15) is 0 Å². The van der Waals surface area contributed by atoms with Gasteiger partial charge in [0.15, 0.2) is 5.96 Å². The standard InChI is InChI=1S/C22H35N5/c1-23-22(27-15-11-21(18-27)25-12-5-6-13-25)24-16-20-10-7-14-26(20)17-19-8-3-2-4-9-19/h2-4,8-9,20-21H,5-7,10-18H2,1H3,(H,23,24). The molecule has 3 saturated heterocycles. The number of hydrogen-bond donors (Lipinski definition) is 1. The third-order valence-electron chi connectivity index (χ3n) is 6.56. The van der Waals surface area contributed by atoms with Crippen LogP contribution in [0.5, 0.6) is 0 Å². The Hall–Kier alpha value is -1.59. The molecule has 1 N–H and O–H groups in total. The summed E-state index contributed by atoms with van der Waals surface area (Å²) in [6, 6.07) is 12.2. The molecule has 5 nitrogen and oxygen atoms in total. The molecule has 4 rings (SSSR count). The Morgan fingerprint density at radius 2 is 1.85 bits per heavy atom. The second-order valence-corrected chi connectivity index (χ2v) is 8.31. The van der Waals surface area contributed by atoms with Gasteiger partial charge in [0.25, 0.3) is 0 Å². The van der Waals surface area contributed by atoms with Crippen molar-refractivity contribution in [3.63, 3.8) is 0 Å². The Balaban J connectivity index is 1.27. The third-order valence-corrected chi connectivity index (χ3v) is 6.56. The average molecular weight is 370 g/mol. The number of rotatable bonds is 5. The number of nitrogens with one attached hydrogen (secondary N) is 1. The predicted octanol–water partition coefficient (Wildman–Crippen LogP) is 2.40. The monoisotopic (exact) mass is 369 g/mol. The zero-order chi connectivity index (χ0) is 18.5. The Bertz CT molecular complexity index is 610. The molecule has 2 unspecified atom stereocenters. The SMILES string of the molecule is CN=C(NCC1CCCN1Cc1ccccc1)N1CCC(N2CCCC2)C1. The van der Waals surface area contributed by atoms with Crippen LogP contribution in [0.25, 0.3) is 0 Å². The van der Waals surface area contributed by atoms with Crippen molar-refractivity contribution in [1.29, 1.82) is 0 Å². The van der Waals surface area contributed by atoms with Gasteiger partial charge in [-0.3, -0.25) is 14.8 Å². The van der Waals surface area contributed by atoms with Gasteiger partial charge < -0.3 is 10.2 Å². The molecule has 0 aliphatic carbocycles. The average Bonchev–Trinajstić information content (AvgIpc) is 3.45. The molecule has 0 aromatic heterocycles. The van der Waals surface area contributed by atoms with Crippen molar-refractivity contribution in [1.82, 2.24) is 20.0 Å².